The first-order valence-electron chi connectivity index (χ1n) is 4.73. The molecule has 0 aliphatic heterocycles. The van der Waals surface area contributed by atoms with Gasteiger partial charge in [-0.3, -0.25) is 4.79 Å². The Morgan fingerprint density at radius 2 is 1.94 bits per heavy atom. The highest BCUT2D eigenvalue weighted by molar-refractivity contribution is 6.29. The monoisotopic (exact) mass is 256 g/mol. The molecule has 0 radical (unpaired) electrons. The van der Waals surface area contributed by atoms with Crippen LogP contribution in [0.1, 0.15) is 5.56 Å². The van der Waals surface area contributed by atoms with Gasteiger partial charge in [-0.05, 0) is 12.1 Å². The molecule has 2 rings (SSSR count). The van der Waals surface area contributed by atoms with Gasteiger partial charge in [0.25, 0.3) is 5.56 Å². The van der Waals surface area contributed by atoms with Crippen LogP contribution in [-0.2, 0) is 6.54 Å². The molecule has 0 aliphatic rings. The lowest BCUT2D eigenvalue weighted by atomic mass is 10.2. The lowest BCUT2D eigenvalue weighted by Crippen LogP contribution is -2.22. The van der Waals surface area contributed by atoms with Crippen LogP contribution >= 0.6 is 11.6 Å². The molecule has 17 heavy (non-hydrogen) atoms. The van der Waals surface area contributed by atoms with Crippen LogP contribution in [0.15, 0.2) is 35.4 Å². The van der Waals surface area contributed by atoms with Gasteiger partial charge in [-0.15, -0.1) is 0 Å². The van der Waals surface area contributed by atoms with Crippen LogP contribution in [0.2, 0.25) is 5.15 Å². The molecule has 0 unspecified atom stereocenters. The van der Waals surface area contributed by atoms with E-state index in [-0.39, 0.29) is 17.3 Å². The second kappa shape index (κ2) is 4.63. The van der Waals surface area contributed by atoms with Crippen molar-refractivity contribution in [3.05, 3.63) is 63.3 Å². The zero-order valence-corrected chi connectivity index (χ0v) is 9.29. The molecular formula is C11H7ClF2N2O. The fourth-order valence-electron chi connectivity index (χ4n) is 1.40. The van der Waals surface area contributed by atoms with Gasteiger partial charge in [-0.25, -0.2) is 13.8 Å². The Morgan fingerprint density at radius 1 is 1.29 bits per heavy atom. The van der Waals surface area contributed by atoms with Crippen molar-refractivity contribution in [2.45, 2.75) is 6.54 Å². The third kappa shape index (κ3) is 2.34. The largest absolute Gasteiger partial charge is 0.307 e. The third-order valence-corrected chi connectivity index (χ3v) is 2.52. The summed E-state index contributed by atoms with van der Waals surface area (Å²) in [7, 11) is 0. The van der Waals surface area contributed by atoms with Crippen molar-refractivity contribution in [1.82, 2.24) is 9.55 Å². The average molecular weight is 257 g/mol. The standard InChI is InChI=1S/C11H7ClF2N2O/c12-10-11(17)16(5-4-15-10)6-7-8(13)2-1-3-9(7)14/h1-5H,6H2. The van der Waals surface area contributed by atoms with Crippen molar-refractivity contribution >= 4 is 11.6 Å². The molecule has 88 valence electrons. The van der Waals surface area contributed by atoms with E-state index in [4.69, 9.17) is 11.6 Å². The third-order valence-electron chi connectivity index (χ3n) is 2.26. The minimum absolute atomic E-state index is 0.183. The van der Waals surface area contributed by atoms with E-state index in [9.17, 15) is 13.6 Å². The Morgan fingerprint density at radius 3 is 2.59 bits per heavy atom. The zero-order chi connectivity index (χ0) is 12.4. The van der Waals surface area contributed by atoms with Gasteiger partial charge in [0.05, 0.1) is 6.54 Å². The number of aromatic nitrogens is 2. The van der Waals surface area contributed by atoms with E-state index in [1.165, 1.54) is 18.5 Å². The van der Waals surface area contributed by atoms with Crippen molar-refractivity contribution in [2.24, 2.45) is 0 Å². The van der Waals surface area contributed by atoms with E-state index in [1.54, 1.807) is 0 Å². The number of hydrogen-bond donors (Lipinski definition) is 0. The highest BCUT2D eigenvalue weighted by Gasteiger charge is 2.10. The van der Waals surface area contributed by atoms with Crippen LogP contribution in [0.5, 0.6) is 0 Å². The molecule has 3 nitrogen and oxygen atoms in total. The summed E-state index contributed by atoms with van der Waals surface area (Å²) in [4.78, 5) is 15.1. The van der Waals surface area contributed by atoms with Gasteiger partial charge in [0, 0.05) is 18.0 Å². The summed E-state index contributed by atoms with van der Waals surface area (Å²) in [5.74, 6) is -1.41. The summed E-state index contributed by atoms with van der Waals surface area (Å²) in [5.41, 5.74) is -0.770. The molecular weight excluding hydrogens is 250 g/mol. The lowest BCUT2D eigenvalue weighted by Gasteiger charge is -2.07. The van der Waals surface area contributed by atoms with Crippen LogP contribution in [0.3, 0.4) is 0 Å². The van der Waals surface area contributed by atoms with Gasteiger partial charge in [0.1, 0.15) is 11.6 Å². The van der Waals surface area contributed by atoms with Gasteiger partial charge in [0.15, 0.2) is 5.15 Å². The number of hydrogen-bond acceptors (Lipinski definition) is 2. The Labute approximate surface area is 100 Å². The van der Waals surface area contributed by atoms with Crippen LogP contribution in [0.4, 0.5) is 8.78 Å². The summed E-state index contributed by atoms with van der Waals surface area (Å²) in [6.07, 6.45) is 2.61. The fourth-order valence-corrected chi connectivity index (χ4v) is 1.56. The van der Waals surface area contributed by atoms with Crippen LogP contribution < -0.4 is 5.56 Å². The van der Waals surface area contributed by atoms with Crippen molar-refractivity contribution in [3.8, 4) is 0 Å². The Hall–Kier alpha value is -1.75. The average Bonchev–Trinajstić information content (AvgIpc) is 2.29. The molecule has 0 spiro atoms. The van der Waals surface area contributed by atoms with Crippen LogP contribution in [0, 0.1) is 11.6 Å². The first kappa shape index (κ1) is 11.7. The maximum atomic E-state index is 13.4. The van der Waals surface area contributed by atoms with Crippen LogP contribution in [0.25, 0.3) is 0 Å². The molecule has 0 N–H and O–H groups in total. The predicted octanol–water partition coefficient (Wildman–Crippen LogP) is 2.22. The van der Waals surface area contributed by atoms with E-state index in [0.29, 0.717) is 0 Å². The Kier molecular flexibility index (Phi) is 3.19. The predicted molar refractivity (Wildman–Crippen MR) is 59.0 cm³/mol. The summed E-state index contributed by atoms with van der Waals surface area (Å²) in [5, 5.41) is -0.232. The van der Waals surface area contributed by atoms with E-state index in [0.717, 1.165) is 16.7 Å². The zero-order valence-electron chi connectivity index (χ0n) is 8.53. The van der Waals surface area contributed by atoms with E-state index in [2.05, 4.69) is 4.98 Å². The SMILES string of the molecule is O=c1c(Cl)nccn1Cc1c(F)cccc1F. The molecule has 1 aromatic heterocycles. The van der Waals surface area contributed by atoms with Crippen molar-refractivity contribution in [3.63, 3.8) is 0 Å². The van der Waals surface area contributed by atoms with Gasteiger partial charge in [0.2, 0.25) is 0 Å². The number of halogens is 3. The van der Waals surface area contributed by atoms with E-state index >= 15 is 0 Å². The second-order valence-corrected chi connectivity index (χ2v) is 3.71. The summed E-state index contributed by atoms with van der Waals surface area (Å²) in [6, 6.07) is 3.52. The van der Waals surface area contributed by atoms with Crippen molar-refractivity contribution in [2.75, 3.05) is 0 Å². The summed E-state index contributed by atoms with van der Waals surface area (Å²) in [6.45, 7) is -0.223. The van der Waals surface area contributed by atoms with Gasteiger partial charge in [-0.1, -0.05) is 17.7 Å². The Bertz CT molecular complexity index is 592. The molecule has 0 aliphatic carbocycles. The van der Waals surface area contributed by atoms with Gasteiger partial charge in [-0.2, -0.15) is 0 Å². The summed E-state index contributed by atoms with van der Waals surface area (Å²) >= 11 is 5.53. The maximum Gasteiger partial charge on any atom is 0.288 e. The van der Waals surface area contributed by atoms with Crippen LogP contribution in [-0.4, -0.2) is 9.55 Å². The molecule has 0 saturated heterocycles. The van der Waals surface area contributed by atoms with Crippen molar-refractivity contribution < 1.29 is 8.78 Å². The van der Waals surface area contributed by atoms with Crippen molar-refractivity contribution in [1.29, 1.82) is 0 Å². The van der Waals surface area contributed by atoms with Gasteiger partial charge >= 0.3 is 0 Å². The topological polar surface area (TPSA) is 34.9 Å². The normalized spacial score (nSPS) is 10.5. The molecule has 6 heteroatoms. The highest BCUT2D eigenvalue weighted by Crippen LogP contribution is 2.12. The summed E-state index contributed by atoms with van der Waals surface area (Å²) < 4.78 is 27.8. The van der Waals surface area contributed by atoms with E-state index in [1.807, 2.05) is 0 Å². The minimum Gasteiger partial charge on any atom is -0.307 e. The number of benzene rings is 1. The molecule has 0 bridgehead atoms. The minimum atomic E-state index is -0.704. The molecule has 0 atom stereocenters. The number of nitrogens with zero attached hydrogens (tertiary/aromatic N) is 2. The smallest absolute Gasteiger partial charge is 0.288 e. The maximum absolute atomic E-state index is 13.4. The highest BCUT2D eigenvalue weighted by atomic mass is 35.5. The molecule has 2 aromatic rings. The number of rotatable bonds is 2. The molecule has 0 fully saturated rings. The van der Waals surface area contributed by atoms with E-state index < -0.39 is 17.2 Å². The quantitative estimate of drug-likeness (QED) is 0.826. The second-order valence-electron chi connectivity index (χ2n) is 3.35. The molecule has 1 aromatic carbocycles. The molecule has 0 saturated carbocycles. The molecule has 1 heterocycles. The first-order valence-corrected chi connectivity index (χ1v) is 5.11. The Balaban J connectivity index is 2.45. The lowest BCUT2D eigenvalue weighted by molar-refractivity contribution is 0.541. The van der Waals surface area contributed by atoms with Gasteiger partial charge < -0.3 is 4.57 Å². The fraction of sp³-hybridized carbons (Fsp3) is 0.0909. The first-order chi connectivity index (χ1) is 8.09. The molecule has 0 amide bonds.